The number of aryl methyl sites for hydroxylation is 1. The zero-order chi connectivity index (χ0) is 28.2. The van der Waals surface area contributed by atoms with E-state index in [-0.39, 0.29) is 24.5 Å². The van der Waals surface area contributed by atoms with Crippen LogP contribution in [0.2, 0.25) is 0 Å². The van der Waals surface area contributed by atoms with Gasteiger partial charge in [0.1, 0.15) is 11.9 Å². The molecule has 9 nitrogen and oxygen atoms in total. The molecule has 1 unspecified atom stereocenters. The van der Waals surface area contributed by atoms with E-state index in [0.717, 1.165) is 49.4 Å². The van der Waals surface area contributed by atoms with Crippen molar-refractivity contribution in [3.8, 4) is 12.1 Å². The molecule has 2 atom stereocenters. The van der Waals surface area contributed by atoms with Crippen LogP contribution in [0.5, 0.6) is 6.01 Å². The van der Waals surface area contributed by atoms with Crippen LogP contribution in [0, 0.1) is 11.3 Å². The van der Waals surface area contributed by atoms with Crippen molar-refractivity contribution >= 4 is 17.4 Å². The molecule has 1 amide bonds. The van der Waals surface area contributed by atoms with Crippen LogP contribution in [0.4, 0.5) is 11.5 Å². The lowest BCUT2D eigenvalue weighted by atomic mass is 9.89. The molecule has 0 radical (unpaired) electrons. The number of fused-ring (bicyclic) bond motifs is 2. The third-order valence-corrected chi connectivity index (χ3v) is 8.23. The number of hydrogen-bond acceptors (Lipinski definition) is 8. The van der Waals surface area contributed by atoms with Crippen LogP contribution in [0.15, 0.2) is 30.9 Å². The molecule has 0 bridgehead atoms. The Labute approximate surface area is 238 Å². The Balaban J connectivity index is 1.48. The van der Waals surface area contributed by atoms with Crippen LogP contribution in [-0.2, 0) is 30.6 Å². The normalized spacial score (nSPS) is 19.5. The van der Waals surface area contributed by atoms with Crippen molar-refractivity contribution in [2.24, 2.45) is 0 Å². The summed E-state index contributed by atoms with van der Waals surface area (Å²) in [6.45, 7) is 9.73. The van der Waals surface area contributed by atoms with E-state index in [1.165, 1.54) is 35.7 Å². The van der Waals surface area contributed by atoms with E-state index < -0.39 is 0 Å². The van der Waals surface area contributed by atoms with Gasteiger partial charge < -0.3 is 24.3 Å². The fourth-order valence-corrected chi connectivity index (χ4v) is 6.43. The van der Waals surface area contributed by atoms with Gasteiger partial charge in [-0.1, -0.05) is 18.7 Å². The summed E-state index contributed by atoms with van der Waals surface area (Å²) in [5, 5.41) is 9.49. The second-order valence-electron chi connectivity index (χ2n) is 11.4. The van der Waals surface area contributed by atoms with Crippen molar-refractivity contribution < 1.29 is 9.53 Å². The maximum absolute atomic E-state index is 12.5. The van der Waals surface area contributed by atoms with E-state index in [2.05, 4.69) is 45.5 Å². The Morgan fingerprint density at radius 3 is 2.77 bits per heavy atom. The summed E-state index contributed by atoms with van der Waals surface area (Å²) in [6.07, 6.45) is 7.15. The van der Waals surface area contributed by atoms with Crippen molar-refractivity contribution in [1.29, 1.82) is 5.26 Å². The van der Waals surface area contributed by atoms with Crippen LogP contribution in [-0.4, -0.2) is 84.6 Å². The van der Waals surface area contributed by atoms with Crippen LogP contribution >= 0.6 is 0 Å². The predicted octanol–water partition coefficient (Wildman–Crippen LogP) is 3.36. The number of amides is 1. The highest BCUT2D eigenvalue weighted by Gasteiger charge is 2.33. The van der Waals surface area contributed by atoms with Gasteiger partial charge in [0.2, 0.25) is 5.91 Å². The molecule has 1 fully saturated rings. The summed E-state index contributed by atoms with van der Waals surface area (Å²) >= 11 is 0. The van der Waals surface area contributed by atoms with E-state index in [4.69, 9.17) is 14.7 Å². The van der Waals surface area contributed by atoms with Gasteiger partial charge in [-0.15, -0.1) is 0 Å². The number of carbonyl (C=O) groups is 1. The number of likely N-dealkylation sites (N-methyl/N-ethyl adjacent to an activating group) is 1. The van der Waals surface area contributed by atoms with Crippen LogP contribution in [0.3, 0.4) is 0 Å². The Morgan fingerprint density at radius 1 is 1.18 bits per heavy atom. The van der Waals surface area contributed by atoms with Gasteiger partial charge in [0.15, 0.2) is 0 Å². The number of nitriles is 1. The smallest absolute Gasteiger partial charge is 0.318 e. The molecule has 3 heterocycles. The fourth-order valence-electron chi connectivity index (χ4n) is 6.43. The number of nitrogens with zero attached hydrogens (tertiary/aromatic N) is 7. The average Bonchev–Trinajstić information content (AvgIpc) is 2.95. The number of benzene rings is 1. The van der Waals surface area contributed by atoms with Crippen molar-refractivity contribution in [2.45, 2.75) is 64.1 Å². The van der Waals surface area contributed by atoms with Gasteiger partial charge in [0.25, 0.3) is 0 Å². The van der Waals surface area contributed by atoms with E-state index in [0.29, 0.717) is 32.2 Å². The summed E-state index contributed by atoms with van der Waals surface area (Å²) in [5.41, 5.74) is 6.45. The molecular weight excluding hydrogens is 502 g/mol. The lowest BCUT2D eigenvalue weighted by Crippen LogP contribution is -2.55. The summed E-state index contributed by atoms with van der Waals surface area (Å²) < 4.78 is 6.27. The van der Waals surface area contributed by atoms with Crippen molar-refractivity contribution in [2.75, 3.05) is 56.6 Å². The number of aromatic nitrogens is 2. The minimum Gasteiger partial charge on any atom is -0.459 e. The third-order valence-electron chi connectivity index (χ3n) is 8.23. The number of ether oxygens (including phenoxy) is 1. The van der Waals surface area contributed by atoms with Crippen molar-refractivity contribution in [1.82, 2.24) is 19.8 Å². The first-order valence-corrected chi connectivity index (χ1v) is 14.5. The van der Waals surface area contributed by atoms with Gasteiger partial charge in [0.05, 0.1) is 30.8 Å². The minimum absolute atomic E-state index is 0.0740. The fraction of sp³-hybridized carbons (Fsp3) is 0.548. The highest BCUT2D eigenvalue weighted by Crippen LogP contribution is 2.36. The van der Waals surface area contributed by atoms with Gasteiger partial charge in [0, 0.05) is 44.0 Å². The molecule has 0 N–H and O–H groups in total. The second kappa shape index (κ2) is 12.3. The quantitative estimate of drug-likeness (QED) is 0.469. The largest absolute Gasteiger partial charge is 0.459 e. The Bertz CT molecular complexity index is 1290. The zero-order valence-electron chi connectivity index (χ0n) is 24.1. The molecule has 1 saturated heterocycles. The molecule has 1 aliphatic carbocycles. The average molecular weight is 544 g/mol. The molecule has 0 saturated carbocycles. The molecule has 0 spiro atoms. The maximum atomic E-state index is 12.5. The minimum atomic E-state index is -0.220. The van der Waals surface area contributed by atoms with E-state index in [9.17, 15) is 10.1 Å². The van der Waals surface area contributed by atoms with Crippen molar-refractivity contribution in [3.05, 3.63) is 53.2 Å². The van der Waals surface area contributed by atoms with Crippen molar-refractivity contribution in [3.63, 3.8) is 0 Å². The van der Waals surface area contributed by atoms with Crippen LogP contribution in [0.25, 0.3) is 0 Å². The summed E-state index contributed by atoms with van der Waals surface area (Å²) in [6, 6.07) is 9.16. The number of piperazine rings is 1. The Hall–Kier alpha value is -3.64. The summed E-state index contributed by atoms with van der Waals surface area (Å²) in [7, 11) is 4.05. The standard InChI is InChI=1S/C31H41N7O2/c1-5-29(39)38-18-17-37(20-24(38)13-15-32)30-26-14-16-36(28-12-8-10-23-9-6-7-11-25(23)28)21-27(26)33-31(34-30)40-22(2)19-35(3)4/h5,8,10,12,22,24H,1,6-7,9,11,13-14,16-21H2,2-4H3/t22-,24?/m1/s1. The third kappa shape index (κ3) is 5.92. The molecule has 212 valence electrons. The highest BCUT2D eigenvalue weighted by molar-refractivity contribution is 5.87. The van der Waals surface area contributed by atoms with Gasteiger partial charge >= 0.3 is 6.01 Å². The molecule has 3 aliphatic rings. The topological polar surface area (TPSA) is 88.8 Å². The molecule has 9 heteroatoms. The number of rotatable bonds is 8. The zero-order valence-corrected chi connectivity index (χ0v) is 24.1. The van der Waals surface area contributed by atoms with E-state index in [1.54, 1.807) is 4.90 Å². The lowest BCUT2D eigenvalue weighted by molar-refractivity contribution is -0.128. The molecule has 1 aromatic carbocycles. The molecule has 40 heavy (non-hydrogen) atoms. The Kier molecular flexibility index (Phi) is 8.55. The van der Waals surface area contributed by atoms with E-state index in [1.807, 2.05) is 21.0 Å². The first-order valence-electron chi connectivity index (χ1n) is 14.5. The molecule has 2 aromatic rings. The predicted molar refractivity (Wildman–Crippen MR) is 157 cm³/mol. The first-order chi connectivity index (χ1) is 19.4. The van der Waals surface area contributed by atoms with Gasteiger partial charge in [-0.2, -0.15) is 15.2 Å². The lowest BCUT2D eigenvalue weighted by Gasteiger charge is -2.42. The molecule has 5 rings (SSSR count). The van der Waals surface area contributed by atoms with Crippen LogP contribution in [0.1, 0.15) is 48.6 Å². The molecular formula is C31H41N7O2. The van der Waals surface area contributed by atoms with Gasteiger partial charge in [-0.3, -0.25) is 4.79 Å². The van der Waals surface area contributed by atoms with Gasteiger partial charge in [-0.05, 0) is 76.4 Å². The summed E-state index contributed by atoms with van der Waals surface area (Å²) in [4.78, 5) is 31.0. The number of carbonyl (C=O) groups excluding carboxylic acids is 1. The monoisotopic (exact) mass is 543 g/mol. The number of hydrogen-bond donors (Lipinski definition) is 0. The van der Waals surface area contributed by atoms with Gasteiger partial charge in [-0.25, -0.2) is 0 Å². The van der Waals surface area contributed by atoms with E-state index >= 15 is 0 Å². The van der Waals surface area contributed by atoms with Crippen LogP contribution < -0.4 is 14.5 Å². The molecule has 1 aromatic heterocycles. The second-order valence-corrected chi connectivity index (χ2v) is 11.4. The Morgan fingerprint density at radius 2 is 2.00 bits per heavy atom. The first kappa shape index (κ1) is 27.9. The SMILES string of the molecule is C=CC(=O)N1CCN(c2nc(O[C@H](C)CN(C)C)nc3c2CCN(c2cccc4c2CCCC4)C3)CC1CC#N. The molecule has 2 aliphatic heterocycles. The highest BCUT2D eigenvalue weighted by atomic mass is 16.5. The number of anilines is 2. The summed E-state index contributed by atoms with van der Waals surface area (Å²) in [5.74, 6) is 0.744. The maximum Gasteiger partial charge on any atom is 0.318 e.